The van der Waals surface area contributed by atoms with E-state index in [4.69, 9.17) is 10.00 Å². The minimum Gasteiger partial charge on any atom is -0.493 e. The highest BCUT2D eigenvalue weighted by Gasteiger charge is 2.24. The van der Waals surface area contributed by atoms with E-state index in [1.54, 1.807) is 10.9 Å². The summed E-state index contributed by atoms with van der Waals surface area (Å²) in [5, 5.41) is 13.0. The van der Waals surface area contributed by atoms with Gasteiger partial charge in [-0.2, -0.15) is 10.4 Å². The van der Waals surface area contributed by atoms with E-state index in [9.17, 15) is 9.59 Å². The van der Waals surface area contributed by atoms with Gasteiger partial charge in [0, 0.05) is 43.3 Å². The molecule has 7 heteroatoms. The van der Waals surface area contributed by atoms with Gasteiger partial charge in [0.15, 0.2) is 5.78 Å². The van der Waals surface area contributed by atoms with E-state index in [2.05, 4.69) is 37.1 Å². The molecule has 1 aliphatic rings. The Labute approximate surface area is 218 Å². The number of Topliss-reactive ketones (excluding diaryl/α,β-unsaturated/α-hetero) is 1. The second-order valence-corrected chi connectivity index (χ2v) is 9.58. The molecule has 4 rings (SSSR count). The lowest BCUT2D eigenvalue weighted by atomic mass is 9.93. The fourth-order valence-electron chi connectivity index (χ4n) is 4.79. The molecule has 0 atom stereocenters. The van der Waals surface area contributed by atoms with Crippen LogP contribution in [0, 0.1) is 25.2 Å². The molecule has 2 aromatic carbocycles. The van der Waals surface area contributed by atoms with Crippen LogP contribution < -0.4 is 9.64 Å². The molecule has 7 nitrogen and oxygen atoms in total. The number of benzene rings is 2. The van der Waals surface area contributed by atoms with Gasteiger partial charge < -0.3 is 9.64 Å². The van der Waals surface area contributed by atoms with E-state index < -0.39 is 0 Å². The Balaban J connectivity index is 1.39. The number of rotatable bonds is 11. The number of hydrogen-bond donors (Lipinski definition) is 0. The molecule has 1 aliphatic heterocycles. The van der Waals surface area contributed by atoms with Gasteiger partial charge in [0.05, 0.1) is 25.4 Å². The fraction of sp³-hybridized carbons (Fsp3) is 0.400. The number of aromatic nitrogens is 2. The van der Waals surface area contributed by atoms with Crippen molar-refractivity contribution in [3.63, 3.8) is 0 Å². The number of nitrogens with zero attached hydrogens (tertiary/aromatic N) is 4. The summed E-state index contributed by atoms with van der Waals surface area (Å²) in [5.41, 5.74) is 6.44. The summed E-state index contributed by atoms with van der Waals surface area (Å²) in [4.78, 5) is 27.3. The summed E-state index contributed by atoms with van der Waals surface area (Å²) in [7, 11) is 0. The monoisotopic (exact) mass is 498 g/mol. The highest BCUT2D eigenvalue weighted by molar-refractivity contribution is 5.96. The molecule has 1 aromatic heterocycles. The molecule has 0 saturated heterocycles. The number of anilines is 1. The minimum atomic E-state index is 0.0679. The van der Waals surface area contributed by atoms with E-state index >= 15 is 0 Å². The van der Waals surface area contributed by atoms with Gasteiger partial charge in [0.2, 0.25) is 5.91 Å². The number of nitriles is 1. The van der Waals surface area contributed by atoms with Gasteiger partial charge in [0.1, 0.15) is 5.75 Å². The van der Waals surface area contributed by atoms with Crippen LogP contribution in [0.3, 0.4) is 0 Å². The minimum absolute atomic E-state index is 0.0679. The predicted octanol–water partition coefficient (Wildman–Crippen LogP) is 5.57. The van der Waals surface area contributed by atoms with E-state index in [0.717, 1.165) is 46.5 Å². The van der Waals surface area contributed by atoms with Gasteiger partial charge in [-0.3, -0.25) is 14.3 Å². The largest absolute Gasteiger partial charge is 0.493 e. The van der Waals surface area contributed by atoms with Crippen molar-refractivity contribution in [2.45, 2.75) is 65.3 Å². The zero-order valence-electron chi connectivity index (χ0n) is 21.7. The van der Waals surface area contributed by atoms with Crippen LogP contribution in [0.1, 0.15) is 55.2 Å². The first kappa shape index (κ1) is 26.2. The molecule has 0 fully saturated rings. The Kier molecular flexibility index (Phi) is 8.73. The Bertz CT molecular complexity index is 1300. The molecule has 3 aromatic rings. The quantitative estimate of drug-likeness (QED) is 0.323. The number of ether oxygens (including phenoxy) is 1. The van der Waals surface area contributed by atoms with Crippen molar-refractivity contribution in [2.75, 3.05) is 18.1 Å². The Hall–Kier alpha value is -3.92. The van der Waals surface area contributed by atoms with Crippen LogP contribution in [0.4, 0.5) is 5.69 Å². The first-order chi connectivity index (χ1) is 18.0. The smallest absolute Gasteiger partial charge is 0.227 e. The molecule has 192 valence electrons. The molecular weight excluding hydrogens is 464 g/mol. The highest BCUT2D eigenvalue weighted by atomic mass is 16.5. The van der Waals surface area contributed by atoms with Crippen LogP contribution >= 0.6 is 0 Å². The lowest BCUT2D eigenvalue weighted by Crippen LogP contribution is -2.35. The molecule has 37 heavy (non-hydrogen) atoms. The zero-order chi connectivity index (χ0) is 26.2. The highest BCUT2D eigenvalue weighted by Crippen LogP contribution is 2.35. The van der Waals surface area contributed by atoms with Crippen LogP contribution in [0.25, 0.3) is 11.1 Å². The number of fused-ring (bicyclic) bond motifs is 1. The summed E-state index contributed by atoms with van der Waals surface area (Å²) < 4.78 is 7.60. The van der Waals surface area contributed by atoms with Crippen LogP contribution in [-0.2, 0) is 22.6 Å². The standard InChI is InChI=1S/C30H34N4O3/c1-22-9-5-14-29(23(22)2)37-18-8-15-30(36)34-17-7-12-27-26(11-6-13-28(27)34)24-19-32-33(20-24)21-25(35)10-3-4-16-31/h5-6,9,11,13-14,19-20H,3-4,7-8,10,12,15,17-18,21H2,1-2H3. The van der Waals surface area contributed by atoms with Crippen molar-refractivity contribution in [3.05, 3.63) is 65.5 Å². The molecule has 0 saturated carbocycles. The molecular formula is C30H34N4O3. The second-order valence-electron chi connectivity index (χ2n) is 9.58. The van der Waals surface area contributed by atoms with Gasteiger partial charge in [-0.25, -0.2) is 0 Å². The van der Waals surface area contributed by atoms with E-state index in [1.165, 1.54) is 5.56 Å². The van der Waals surface area contributed by atoms with Crippen molar-refractivity contribution in [3.8, 4) is 22.9 Å². The maximum atomic E-state index is 13.2. The lowest BCUT2D eigenvalue weighted by molar-refractivity contribution is -0.120. The SMILES string of the molecule is Cc1cccc(OCCCC(=O)N2CCCc3c(-c4cnn(CC(=O)CCCC#N)c4)cccc32)c1C. The van der Waals surface area contributed by atoms with Gasteiger partial charge in [-0.1, -0.05) is 24.3 Å². The van der Waals surface area contributed by atoms with Crippen LogP contribution in [0.2, 0.25) is 0 Å². The number of aryl methyl sites for hydroxylation is 1. The first-order valence-corrected chi connectivity index (χ1v) is 13.0. The van der Waals surface area contributed by atoms with Crippen molar-refractivity contribution in [1.82, 2.24) is 9.78 Å². The lowest BCUT2D eigenvalue weighted by Gasteiger charge is -2.31. The van der Waals surface area contributed by atoms with Crippen molar-refractivity contribution < 1.29 is 14.3 Å². The number of ketones is 1. The third-order valence-electron chi connectivity index (χ3n) is 6.93. The molecule has 1 amide bonds. The molecule has 0 bridgehead atoms. The van der Waals surface area contributed by atoms with Crippen LogP contribution in [-0.4, -0.2) is 34.6 Å². The number of carbonyl (C=O) groups is 2. The predicted molar refractivity (Wildman–Crippen MR) is 143 cm³/mol. The zero-order valence-corrected chi connectivity index (χ0v) is 21.7. The molecule has 0 N–H and O–H groups in total. The van der Waals surface area contributed by atoms with Gasteiger partial charge in [-0.05, 0) is 73.9 Å². The van der Waals surface area contributed by atoms with Crippen LogP contribution in [0.15, 0.2) is 48.8 Å². The summed E-state index contributed by atoms with van der Waals surface area (Å²) in [6.45, 7) is 5.54. The Morgan fingerprint density at radius 1 is 1.11 bits per heavy atom. The van der Waals surface area contributed by atoms with Gasteiger partial charge in [0.25, 0.3) is 0 Å². The maximum Gasteiger partial charge on any atom is 0.227 e. The molecule has 0 aliphatic carbocycles. The summed E-state index contributed by atoms with van der Waals surface area (Å²) in [6, 6.07) is 14.2. The number of hydrogen-bond acceptors (Lipinski definition) is 5. The van der Waals surface area contributed by atoms with Gasteiger partial charge in [-0.15, -0.1) is 0 Å². The summed E-state index contributed by atoms with van der Waals surface area (Å²) in [6.07, 6.45) is 7.91. The first-order valence-electron chi connectivity index (χ1n) is 13.0. The van der Waals surface area contributed by atoms with E-state index in [0.29, 0.717) is 45.3 Å². The number of unbranched alkanes of at least 4 members (excludes halogenated alkanes) is 1. The van der Waals surface area contributed by atoms with Crippen molar-refractivity contribution in [2.24, 2.45) is 0 Å². The van der Waals surface area contributed by atoms with Crippen molar-refractivity contribution >= 4 is 17.4 Å². The van der Waals surface area contributed by atoms with Gasteiger partial charge >= 0.3 is 0 Å². The number of carbonyl (C=O) groups excluding carboxylic acids is 2. The van der Waals surface area contributed by atoms with Crippen LogP contribution in [0.5, 0.6) is 5.75 Å². The summed E-state index contributed by atoms with van der Waals surface area (Å²) in [5.74, 6) is 1.06. The Morgan fingerprint density at radius 3 is 2.78 bits per heavy atom. The average Bonchev–Trinajstić information content (AvgIpc) is 3.36. The molecule has 2 heterocycles. The Morgan fingerprint density at radius 2 is 1.95 bits per heavy atom. The molecule has 0 unspecified atom stereocenters. The topological polar surface area (TPSA) is 88.2 Å². The normalized spacial score (nSPS) is 12.6. The third kappa shape index (κ3) is 6.45. The molecule has 0 spiro atoms. The van der Waals surface area contributed by atoms with E-state index in [-0.39, 0.29) is 18.2 Å². The average molecular weight is 499 g/mol. The van der Waals surface area contributed by atoms with Crippen molar-refractivity contribution in [1.29, 1.82) is 5.26 Å². The summed E-state index contributed by atoms with van der Waals surface area (Å²) >= 11 is 0. The second kappa shape index (κ2) is 12.4. The number of amides is 1. The third-order valence-corrected chi connectivity index (χ3v) is 6.93. The maximum absolute atomic E-state index is 13.2. The molecule has 0 radical (unpaired) electrons. The van der Waals surface area contributed by atoms with E-state index in [1.807, 2.05) is 35.4 Å². The fourth-order valence-corrected chi connectivity index (χ4v) is 4.79.